The molecule has 0 unspecified atom stereocenters. The highest BCUT2D eigenvalue weighted by Gasteiger charge is 2.28. The van der Waals surface area contributed by atoms with Gasteiger partial charge in [-0.25, -0.2) is 0 Å². The standard InChI is InChI=1S/C18H24N2O3/c1-19(2)9-10-20(15-7-11-22-12-8-15)18(21)17-13-14-5-3-4-6-16(14)23-17/h3-6,13,15H,7-12H2,1-2H3. The average molecular weight is 316 g/mol. The van der Waals surface area contributed by atoms with E-state index in [2.05, 4.69) is 4.90 Å². The smallest absolute Gasteiger partial charge is 0.289 e. The van der Waals surface area contributed by atoms with Crippen LogP contribution in [0.4, 0.5) is 0 Å². The van der Waals surface area contributed by atoms with Crippen LogP contribution in [0.1, 0.15) is 23.4 Å². The van der Waals surface area contributed by atoms with Crippen LogP contribution in [-0.2, 0) is 4.74 Å². The van der Waals surface area contributed by atoms with Crippen LogP contribution >= 0.6 is 0 Å². The van der Waals surface area contributed by atoms with E-state index >= 15 is 0 Å². The maximum absolute atomic E-state index is 13.0. The van der Waals surface area contributed by atoms with Gasteiger partial charge in [-0.15, -0.1) is 0 Å². The molecule has 1 aliphatic heterocycles. The van der Waals surface area contributed by atoms with Gasteiger partial charge in [0.15, 0.2) is 5.76 Å². The lowest BCUT2D eigenvalue weighted by Crippen LogP contribution is -2.46. The van der Waals surface area contributed by atoms with Crippen molar-refractivity contribution in [2.45, 2.75) is 18.9 Å². The molecule has 1 fully saturated rings. The fraction of sp³-hybridized carbons (Fsp3) is 0.500. The molecule has 1 saturated heterocycles. The zero-order valence-electron chi connectivity index (χ0n) is 13.8. The highest BCUT2D eigenvalue weighted by Crippen LogP contribution is 2.23. The summed E-state index contributed by atoms with van der Waals surface area (Å²) in [6.45, 7) is 2.98. The quantitative estimate of drug-likeness (QED) is 0.851. The fourth-order valence-electron chi connectivity index (χ4n) is 2.98. The highest BCUT2D eigenvalue weighted by atomic mass is 16.5. The Balaban J connectivity index is 1.82. The molecule has 5 heteroatoms. The number of furan rings is 1. The summed E-state index contributed by atoms with van der Waals surface area (Å²) in [6.07, 6.45) is 1.78. The first kappa shape index (κ1) is 16.0. The van der Waals surface area contributed by atoms with Crippen molar-refractivity contribution in [1.82, 2.24) is 9.80 Å². The van der Waals surface area contributed by atoms with Crippen molar-refractivity contribution >= 4 is 16.9 Å². The van der Waals surface area contributed by atoms with E-state index in [4.69, 9.17) is 9.15 Å². The number of carbonyl (C=O) groups is 1. The average Bonchev–Trinajstić information content (AvgIpc) is 2.99. The Morgan fingerprint density at radius 1 is 1.17 bits per heavy atom. The lowest BCUT2D eigenvalue weighted by molar-refractivity contribution is 0.0260. The minimum absolute atomic E-state index is 0.0186. The number of benzene rings is 1. The molecule has 0 aliphatic carbocycles. The predicted octanol–water partition coefficient (Wildman–Crippen LogP) is 2.62. The minimum Gasteiger partial charge on any atom is -0.451 e. The van der Waals surface area contributed by atoms with Gasteiger partial charge >= 0.3 is 0 Å². The number of ether oxygens (including phenoxy) is 1. The van der Waals surface area contributed by atoms with Gasteiger partial charge in [0.1, 0.15) is 5.58 Å². The first-order valence-corrected chi connectivity index (χ1v) is 8.17. The molecule has 2 aromatic rings. The lowest BCUT2D eigenvalue weighted by Gasteiger charge is -2.34. The zero-order chi connectivity index (χ0) is 16.2. The second-order valence-corrected chi connectivity index (χ2v) is 6.29. The summed E-state index contributed by atoms with van der Waals surface area (Å²) < 4.78 is 11.2. The molecular formula is C18H24N2O3. The molecule has 0 radical (unpaired) electrons. The first-order valence-electron chi connectivity index (χ1n) is 8.17. The van der Waals surface area contributed by atoms with Gasteiger partial charge in [0.25, 0.3) is 5.91 Å². The molecule has 1 aliphatic rings. The van der Waals surface area contributed by atoms with Gasteiger partial charge in [0.2, 0.25) is 0 Å². The Morgan fingerprint density at radius 2 is 1.91 bits per heavy atom. The summed E-state index contributed by atoms with van der Waals surface area (Å²) in [4.78, 5) is 17.1. The molecule has 0 saturated carbocycles. The van der Waals surface area contributed by atoms with Gasteiger partial charge in [-0.05, 0) is 39.1 Å². The minimum atomic E-state index is -0.0186. The maximum atomic E-state index is 13.0. The zero-order valence-corrected chi connectivity index (χ0v) is 13.8. The molecule has 124 valence electrons. The number of fused-ring (bicyclic) bond motifs is 1. The SMILES string of the molecule is CN(C)CCN(C(=O)c1cc2ccccc2o1)C1CCOCC1. The largest absolute Gasteiger partial charge is 0.451 e. The van der Waals surface area contributed by atoms with E-state index in [9.17, 15) is 4.79 Å². The maximum Gasteiger partial charge on any atom is 0.289 e. The van der Waals surface area contributed by atoms with Crippen molar-refractivity contribution in [2.75, 3.05) is 40.4 Å². The lowest BCUT2D eigenvalue weighted by atomic mass is 10.1. The van der Waals surface area contributed by atoms with Crippen molar-refractivity contribution in [2.24, 2.45) is 0 Å². The summed E-state index contributed by atoms with van der Waals surface area (Å²) in [5.41, 5.74) is 0.760. The Bertz CT molecular complexity index is 626. The van der Waals surface area contributed by atoms with Crippen LogP contribution in [0.25, 0.3) is 11.0 Å². The van der Waals surface area contributed by atoms with Crippen LogP contribution in [0.2, 0.25) is 0 Å². The van der Waals surface area contributed by atoms with Crippen molar-refractivity contribution in [3.8, 4) is 0 Å². The van der Waals surface area contributed by atoms with E-state index < -0.39 is 0 Å². The number of hydrogen-bond acceptors (Lipinski definition) is 4. The van der Waals surface area contributed by atoms with Crippen LogP contribution in [0.3, 0.4) is 0 Å². The van der Waals surface area contributed by atoms with Crippen LogP contribution in [0.15, 0.2) is 34.7 Å². The summed E-state index contributed by atoms with van der Waals surface area (Å²) >= 11 is 0. The predicted molar refractivity (Wildman–Crippen MR) is 89.6 cm³/mol. The third-order valence-electron chi connectivity index (χ3n) is 4.32. The van der Waals surface area contributed by atoms with E-state index in [1.807, 2.05) is 49.3 Å². The van der Waals surface area contributed by atoms with Crippen LogP contribution < -0.4 is 0 Å². The van der Waals surface area contributed by atoms with Gasteiger partial charge in [-0.3, -0.25) is 4.79 Å². The second-order valence-electron chi connectivity index (χ2n) is 6.29. The van der Waals surface area contributed by atoms with Gasteiger partial charge in [-0.2, -0.15) is 0 Å². The number of para-hydroxylation sites is 1. The first-order chi connectivity index (χ1) is 11.1. The number of carbonyl (C=O) groups excluding carboxylic acids is 1. The third kappa shape index (κ3) is 3.74. The molecule has 23 heavy (non-hydrogen) atoms. The van der Waals surface area contributed by atoms with E-state index in [1.54, 1.807) is 0 Å². The molecule has 0 N–H and O–H groups in total. The van der Waals surface area contributed by atoms with E-state index in [0.717, 1.165) is 43.6 Å². The number of hydrogen-bond donors (Lipinski definition) is 0. The molecule has 0 bridgehead atoms. The summed E-state index contributed by atoms with van der Waals surface area (Å²) in [6, 6.07) is 9.81. The number of amides is 1. The van der Waals surface area contributed by atoms with Gasteiger partial charge in [0, 0.05) is 37.7 Å². The summed E-state index contributed by atoms with van der Waals surface area (Å²) in [5, 5.41) is 0.968. The third-order valence-corrected chi connectivity index (χ3v) is 4.32. The van der Waals surface area contributed by atoms with Crippen molar-refractivity contribution in [3.05, 3.63) is 36.1 Å². The topological polar surface area (TPSA) is 45.9 Å². The molecule has 3 rings (SSSR count). The van der Waals surface area contributed by atoms with E-state index in [0.29, 0.717) is 12.3 Å². The van der Waals surface area contributed by atoms with E-state index in [1.165, 1.54) is 0 Å². The normalized spacial score (nSPS) is 16.1. The van der Waals surface area contributed by atoms with Crippen LogP contribution in [0, 0.1) is 0 Å². The van der Waals surface area contributed by atoms with Crippen molar-refractivity contribution < 1.29 is 13.9 Å². The van der Waals surface area contributed by atoms with Gasteiger partial charge in [0.05, 0.1) is 0 Å². The van der Waals surface area contributed by atoms with Gasteiger partial charge < -0.3 is 19.0 Å². The molecule has 1 amide bonds. The van der Waals surface area contributed by atoms with Gasteiger partial charge in [-0.1, -0.05) is 18.2 Å². The summed E-state index contributed by atoms with van der Waals surface area (Å²) in [7, 11) is 4.04. The Labute approximate surface area is 136 Å². The molecule has 2 heterocycles. The highest BCUT2D eigenvalue weighted by molar-refractivity contribution is 5.96. The molecule has 5 nitrogen and oxygen atoms in total. The number of nitrogens with zero attached hydrogens (tertiary/aromatic N) is 2. The van der Waals surface area contributed by atoms with Crippen LogP contribution in [-0.4, -0.2) is 62.1 Å². The molecule has 1 aromatic heterocycles. The molecule has 0 spiro atoms. The van der Waals surface area contributed by atoms with Crippen molar-refractivity contribution in [3.63, 3.8) is 0 Å². The second kappa shape index (κ2) is 7.15. The Kier molecular flexibility index (Phi) is 4.98. The number of rotatable bonds is 5. The van der Waals surface area contributed by atoms with E-state index in [-0.39, 0.29) is 11.9 Å². The molecule has 0 atom stereocenters. The molecular weight excluding hydrogens is 292 g/mol. The Hall–Kier alpha value is -1.85. The number of likely N-dealkylation sites (N-methyl/N-ethyl adjacent to an activating group) is 1. The summed E-state index contributed by atoms with van der Waals surface area (Å²) in [5.74, 6) is 0.409. The Morgan fingerprint density at radius 3 is 2.61 bits per heavy atom. The monoisotopic (exact) mass is 316 g/mol. The molecule has 1 aromatic carbocycles. The fourth-order valence-corrected chi connectivity index (χ4v) is 2.98. The van der Waals surface area contributed by atoms with Crippen LogP contribution in [0.5, 0.6) is 0 Å². The van der Waals surface area contributed by atoms with Crippen molar-refractivity contribution in [1.29, 1.82) is 0 Å².